The summed E-state index contributed by atoms with van der Waals surface area (Å²) in [5, 5.41) is 34.1. The highest BCUT2D eigenvalue weighted by Crippen LogP contribution is 2.56. The van der Waals surface area contributed by atoms with Crippen molar-refractivity contribution < 1.29 is 94.8 Å². The SMILES string of the molecule is CC(C)(COP(=O)([O-])OP(=O)([O-])OCC1OC(n2cnc3c(N)ncnc32)C(O)C1OP(=O)([O-])[O-])C(O)C(=O)NCCC(=O)NCCSC(=O)C(CCF)C(=O)O. The highest BCUT2D eigenvalue weighted by Gasteiger charge is 2.47. The van der Waals surface area contributed by atoms with Crippen molar-refractivity contribution in [3.05, 3.63) is 12.7 Å². The van der Waals surface area contributed by atoms with Gasteiger partial charge in [-0.25, -0.2) is 19.3 Å². The molecule has 1 saturated heterocycles. The Morgan fingerprint density at radius 2 is 1.75 bits per heavy atom. The van der Waals surface area contributed by atoms with Crippen LogP contribution in [-0.2, 0) is 55.5 Å². The summed E-state index contributed by atoms with van der Waals surface area (Å²) in [5.74, 6) is -4.84. The molecule has 0 spiro atoms. The monoisotopic (exact) mass is 895 g/mol. The molecule has 31 heteroatoms. The minimum Gasteiger partial charge on any atom is -0.790 e. The van der Waals surface area contributed by atoms with Gasteiger partial charge < -0.3 is 74.1 Å². The summed E-state index contributed by atoms with van der Waals surface area (Å²) in [5.41, 5.74) is 3.95. The number of carboxylic acids is 1. The highest BCUT2D eigenvalue weighted by molar-refractivity contribution is 8.13. The molecule has 1 fully saturated rings. The zero-order valence-electron chi connectivity index (χ0n) is 29.6. The van der Waals surface area contributed by atoms with Crippen LogP contribution in [0.4, 0.5) is 10.2 Å². The van der Waals surface area contributed by atoms with E-state index in [1.54, 1.807) is 0 Å². The lowest BCUT2D eigenvalue weighted by molar-refractivity contribution is -0.347. The van der Waals surface area contributed by atoms with E-state index in [2.05, 4.69) is 43.5 Å². The number of imidazole rings is 1. The van der Waals surface area contributed by atoms with Gasteiger partial charge in [0.25, 0.3) is 15.6 Å². The molecule has 2 amide bonds. The number of alkyl halides is 1. The summed E-state index contributed by atoms with van der Waals surface area (Å²) in [6.45, 7) is -1.48. The Kier molecular flexibility index (Phi) is 17.2. The average molecular weight is 896 g/mol. The van der Waals surface area contributed by atoms with Gasteiger partial charge in [-0.3, -0.25) is 37.3 Å². The Hall–Kier alpha value is -3.04. The third-order valence-corrected chi connectivity index (χ3v) is 11.7. The van der Waals surface area contributed by atoms with Crippen molar-refractivity contribution in [3.63, 3.8) is 0 Å². The van der Waals surface area contributed by atoms with Gasteiger partial charge in [-0.1, -0.05) is 25.6 Å². The number of fused-ring (bicyclic) bond motifs is 1. The predicted octanol–water partition coefficient (Wildman–Crippen LogP) is -3.80. The number of aliphatic hydroxyl groups excluding tert-OH is 2. The summed E-state index contributed by atoms with van der Waals surface area (Å²) in [7, 11) is -17.7. The fourth-order valence-electron chi connectivity index (χ4n) is 4.81. The number of amides is 2. The molecule has 8 atom stereocenters. The number of halogens is 1. The van der Waals surface area contributed by atoms with Gasteiger partial charge in [-0.2, -0.15) is 0 Å². The molecule has 57 heavy (non-hydrogen) atoms. The smallest absolute Gasteiger partial charge is 0.315 e. The first-order valence-corrected chi connectivity index (χ1v) is 21.5. The maximum absolute atomic E-state index is 12.5. The number of hydrogen-bond acceptors (Lipinski definition) is 23. The third-order valence-electron chi connectivity index (χ3n) is 7.70. The number of nitrogens with two attached hydrogens (primary N) is 1. The number of anilines is 1. The molecule has 2 aromatic rings. The van der Waals surface area contributed by atoms with E-state index in [1.165, 1.54) is 0 Å². The van der Waals surface area contributed by atoms with Crippen LogP contribution in [0.1, 0.15) is 32.9 Å². The van der Waals surface area contributed by atoms with E-state index in [1.807, 2.05) is 0 Å². The number of nitrogens with one attached hydrogen (secondary N) is 2. The van der Waals surface area contributed by atoms with Gasteiger partial charge in [0.2, 0.25) is 16.9 Å². The van der Waals surface area contributed by atoms with Crippen molar-refractivity contribution in [2.75, 3.05) is 44.5 Å². The van der Waals surface area contributed by atoms with Gasteiger partial charge in [-0.05, 0) is 6.42 Å². The van der Waals surface area contributed by atoms with E-state index in [0.29, 0.717) is 11.8 Å². The number of aliphatic carboxylic acids is 1. The molecule has 0 aromatic carbocycles. The number of ether oxygens (including phenoxy) is 1. The van der Waals surface area contributed by atoms with Crippen molar-refractivity contribution in [1.29, 1.82) is 0 Å². The molecule has 3 rings (SSSR count). The number of thioether (sulfide) groups is 1. The summed E-state index contributed by atoms with van der Waals surface area (Å²) in [4.78, 5) is 107. The molecule has 7 N–H and O–H groups in total. The van der Waals surface area contributed by atoms with Crippen LogP contribution in [0.2, 0.25) is 0 Å². The Labute approximate surface area is 325 Å². The maximum atomic E-state index is 12.5. The quantitative estimate of drug-likeness (QED) is 0.0354. The first-order valence-electron chi connectivity index (χ1n) is 16.2. The van der Waals surface area contributed by atoms with Crippen molar-refractivity contribution >= 4 is 75.1 Å². The third kappa shape index (κ3) is 14.3. The zero-order valence-corrected chi connectivity index (χ0v) is 33.1. The van der Waals surface area contributed by atoms with E-state index in [0.717, 1.165) is 31.1 Å². The van der Waals surface area contributed by atoms with Crippen molar-refractivity contribution in [3.8, 4) is 0 Å². The Morgan fingerprint density at radius 3 is 2.39 bits per heavy atom. The molecule has 1 aliphatic heterocycles. The standard InChI is InChI=1S/C26H41FN7O19P3S/c1-26(2,19(37)22(38)30-6-4-15(35)29-7-8-57-25(41)13(3-5-27)24(39)40)10-50-56(47,48)53-55(45,46)49-9-14-18(52-54(42,43)44)17(36)23(51-14)34-12-33-16-20(28)31-11-32-21(16)34/h11-14,17-19,23,36-37H,3-10H2,1-2H3,(H,29,35)(H,30,38)(H,39,40)(H,45,46)(H,47,48)(H2,28,31,32)(H2,42,43,44)/p-4. The van der Waals surface area contributed by atoms with E-state index >= 15 is 0 Å². The van der Waals surface area contributed by atoms with E-state index < -0.39 is 115 Å². The molecule has 0 saturated carbocycles. The lowest BCUT2D eigenvalue weighted by Crippen LogP contribution is -2.46. The number of aliphatic hydroxyl groups is 2. The lowest BCUT2D eigenvalue weighted by atomic mass is 9.87. The number of rotatable bonds is 23. The molecule has 2 aromatic heterocycles. The van der Waals surface area contributed by atoms with Crippen LogP contribution in [0.3, 0.4) is 0 Å². The number of hydrogen-bond donors (Lipinski definition) is 6. The zero-order chi connectivity index (χ0) is 42.9. The number of nitrogen functional groups attached to an aromatic ring is 1. The van der Waals surface area contributed by atoms with Gasteiger partial charge in [0.1, 0.15) is 42.2 Å². The molecular weight excluding hydrogens is 858 g/mol. The Morgan fingerprint density at radius 1 is 1.09 bits per heavy atom. The number of aromatic nitrogens is 4. The van der Waals surface area contributed by atoms with Crippen LogP contribution in [0.5, 0.6) is 0 Å². The molecule has 8 unspecified atom stereocenters. The minimum absolute atomic E-state index is 0.0247. The molecule has 3 heterocycles. The average Bonchev–Trinajstić information content (AvgIpc) is 3.66. The molecule has 322 valence electrons. The fourth-order valence-corrected chi connectivity index (χ4v) is 8.37. The van der Waals surface area contributed by atoms with Crippen molar-refractivity contribution in [2.24, 2.45) is 11.3 Å². The van der Waals surface area contributed by atoms with Gasteiger partial charge in [0, 0.05) is 30.7 Å². The van der Waals surface area contributed by atoms with Gasteiger partial charge in [-0.15, -0.1) is 0 Å². The number of nitrogens with zero attached hydrogens (tertiary/aromatic N) is 4. The molecule has 0 radical (unpaired) electrons. The lowest BCUT2D eigenvalue weighted by Gasteiger charge is -2.36. The molecule has 0 bridgehead atoms. The summed E-state index contributed by atoms with van der Waals surface area (Å²) in [6.07, 6.45) is -8.41. The second-order valence-electron chi connectivity index (χ2n) is 12.5. The largest absolute Gasteiger partial charge is 0.790 e. The number of carbonyl (C=O) groups is 4. The summed E-state index contributed by atoms with van der Waals surface area (Å²) >= 11 is 0.587. The first kappa shape index (κ1) is 48.3. The van der Waals surface area contributed by atoms with Crippen molar-refractivity contribution in [1.82, 2.24) is 30.2 Å². The van der Waals surface area contributed by atoms with E-state index in [4.69, 9.17) is 15.6 Å². The number of carboxylic acid groups (broad SMARTS) is 1. The fraction of sp³-hybridized carbons (Fsp3) is 0.654. The van der Waals surface area contributed by atoms with Crippen LogP contribution < -0.4 is 35.9 Å². The van der Waals surface area contributed by atoms with Gasteiger partial charge in [0.05, 0.1) is 34.0 Å². The molecule has 0 aliphatic carbocycles. The van der Waals surface area contributed by atoms with Crippen LogP contribution in [0, 0.1) is 11.3 Å². The predicted molar refractivity (Wildman–Crippen MR) is 180 cm³/mol. The second-order valence-corrected chi connectivity index (χ2v) is 17.7. The molecular formula is C26H37FN7O19P3S-4. The van der Waals surface area contributed by atoms with Crippen molar-refractivity contribution in [2.45, 2.75) is 57.3 Å². The number of phosphoric ester groups is 3. The molecule has 1 aliphatic rings. The Balaban J connectivity index is 1.49. The highest BCUT2D eigenvalue weighted by atomic mass is 32.2. The summed E-state index contributed by atoms with van der Waals surface area (Å²) < 4.78 is 72.7. The Bertz CT molecular complexity index is 1910. The molecule has 26 nitrogen and oxygen atoms in total. The summed E-state index contributed by atoms with van der Waals surface area (Å²) in [6, 6.07) is 0. The second kappa shape index (κ2) is 20.3. The van der Waals surface area contributed by atoms with Gasteiger partial charge >= 0.3 is 5.97 Å². The number of carbonyl (C=O) groups excluding carboxylic acids is 3. The maximum Gasteiger partial charge on any atom is 0.315 e. The first-order chi connectivity index (χ1) is 26.4. The van der Waals surface area contributed by atoms with E-state index in [-0.39, 0.29) is 42.2 Å². The van der Waals surface area contributed by atoms with Gasteiger partial charge in [0.15, 0.2) is 17.7 Å². The number of phosphoric acid groups is 3. The van der Waals surface area contributed by atoms with Crippen LogP contribution in [0.25, 0.3) is 11.2 Å². The minimum atomic E-state index is -5.95. The van der Waals surface area contributed by atoms with Crippen LogP contribution in [0.15, 0.2) is 12.7 Å². The van der Waals surface area contributed by atoms with Crippen LogP contribution in [-0.4, -0.2) is 121 Å². The topological polar surface area (TPSA) is 412 Å². The van der Waals surface area contributed by atoms with E-state index in [9.17, 15) is 67.1 Å². The normalized spacial score (nSPS) is 22.0. The van der Waals surface area contributed by atoms with Crippen LogP contribution >= 0.6 is 35.2 Å².